The maximum atomic E-state index is 12.6. The zero-order chi connectivity index (χ0) is 18.1. The summed E-state index contributed by atoms with van der Waals surface area (Å²) >= 11 is 0. The highest BCUT2D eigenvalue weighted by Crippen LogP contribution is 2.32. The minimum Gasteiger partial charge on any atom is -0.381 e. The second-order valence-corrected chi connectivity index (χ2v) is 7.87. The molecule has 0 spiro atoms. The normalized spacial score (nSPS) is 32.8. The molecule has 2 N–H and O–H groups in total. The minimum atomic E-state index is -0.0932. The van der Waals surface area contributed by atoms with Crippen molar-refractivity contribution in [3.63, 3.8) is 0 Å². The second-order valence-electron chi connectivity index (χ2n) is 7.87. The first-order chi connectivity index (χ1) is 12.6. The van der Waals surface area contributed by atoms with E-state index in [1.807, 2.05) is 0 Å². The summed E-state index contributed by atoms with van der Waals surface area (Å²) in [5.41, 5.74) is 2.39. The molecule has 1 aromatic rings. The Hall–Kier alpha value is -1.63. The summed E-state index contributed by atoms with van der Waals surface area (Å²) in [5.74, 6) is 0.179. The number of amides is 1. The average molecular weight is 358 g/mol. The summed E-state index contributed by atoms with van der Waals surface area (Å²) < 4.78 is 5.46. The predicted molar refractivity (Wildman–Crippen MR) is 102 cm³/mol. The molecule has 26 heavy (non-hydrogen) atoms. The third-order valence-corrected chi connectivity index (χ3v) is 6.23. The highest BCUT2D eigenvalue weighted by molar-refractivity contribution is 5.81. The van der Waals surface area contributed by atoms with Crippen LogP contribution in [0.1, 0.15) is 31.0 Å². The number of piperazine rings is 1. The van der Waals surface area contributed by atoms with Gasteiger partial charge in [0.1, 0.15) is 6.17 Å². The Labute approximate surface area is 155 Å². The maximum Gasteiger partial charge on any atom is 0.226 e. The Bertz CT molecular complexity index is 627. The second kappa shape index (κ2) is 7.55. The van der Waals surface area contributed by atoms with Gasteiger partial charge in [-0.05, 0) is 44.0 Å². The largest absolute Gasteiger partial charge is 0.381 e. The van der Waals surface area contributed by atoms with Crippen LogP contribution in [-0.2, 0) is 9.53 Å². The molecule has 0 aromatic heterocycles. The Morgan fingerprint density at radius 3 is 2.50 bits per heavy atom. The summed E-state index contributed by atoms with van der Waals surface area (Å²) in [4.78, 5) is 17.4. The monoisotopic (exact) mass is 358 g/mol. The lowest BCUT2D eigenvalue weighted by molar-refractivity contribution is -0.133. The van der Waals surface area contributed by atoms with Gasteiger partial charge in [0.05, 0.1) is 12.0 Å². The molecule has 0 radical (unpaired) electrons. The molecule has 2 saturated heterocycles. The van der Waals surface area contributed by atoms with Crippen molar-refractivity contribution in [2.75, 3.05) is 45.2 Å². The number of hydrogen-bond acceptors (Lipinski definition) is 5. The van der Waals surface area contributed by atoms with E-state index in [1.54, 1.807) is 7.11 Å². The van der Waals surface area contributed by atoms with Crippen LogP contribution in [-0.4, -0.2) is 63.3 Å². The van der Waals surface area contributed by atoms with E-state index < -0.39 is 0 Å². The number of methoxy groups -OCH3 is 1. The number of likely N-dealkylation sites (N-methyl/N-ethyl adjacent to an activating group) is 1. The summed E-state index contributed by atoms with van der Waals surface area (Å²) in [5, 5.41) is 6.80. The first-order valence-electron chi connectivity index (χ1n) is 9.76. The predicted octanol–water partition coefficient (Wildman–Crippen LogP) is 1.34. The summed E-state index contributed by atoms with van der Waals surface area (Å²) in [6.45, 7) is 4.35. The number of nitrogens with zero attached hydrogens (tertiary/aromatic N) is 2. The molecule has 4 rings (SSSR count). The van der Waals surface area contributed by atoms with Crippen LogP contribution in [0.2, 0.25) is 0 Å². The van der Waals surface area contributed by atoms with Gasteiger partial charge in [-0.25, -0.2) is 0 Å². The Balaban J connectivity index is 1.41. The molecule has 2 heterocycles. The number of anilines is 1. The van der Waals surface area contributed by atoms with Crippen molar-refractivity contribution >= 4 is 11.6 Å². The van der Waals surface area contributed by atoms with Crippen LogP contribution in [0.5, 0.6) is 0 Å². The van der Waals surface area contributed by atoms with E-state index in [4.69, 9.17) is 4.74 Å². The fraction of sp³-hybridized carbons (Fsp3) is 0.650. The van der Waals surface area contributed by atoms with Crippen molar-refractivity contribution < 1.29 is 9.53 Å². The number of carbonyl (C=O) groups is 1. The standard InChI is InChI=1S/C20H30N4O2/c1-23-9-11-24(12-10-23)15-5-3-14(4-6-15)19-21-18-8-7-16(26-2)13-17(18)20(25)22-19/h3-6,16-19,21H,7-13H2,1-2H3,(H,22,25). The van der Waals surface area contributed by atoms with E-state index >= 15 is 0 Å². The first kappa shape index (κ1) is 17.8. The van der Waals surface area contributed by atoms with Crippen molar-refractivity contribution in [2.24, 2.45) is 5.92 Å². The first-order valence-corrected chi connectivity index (χ1v) is 9.76. The maximum absolute atomic E-state index is 12.6. The van der Waals surface area contributed by atoms with Gasteiger partial charge in [-0.3, -0.25) is 10.1 Å². The molecule has 6 heteroatoms. The molecule has 2 aliphatic heterocycles. The van der Waals surface area contributed by atoms with Crippen LogP contribution < -0.4 is 15.5 Å². The third-order valence-electron chi connectivity index (χ3n) is 6.23. The zero-order valence-electron chi connectivity index (χ0n) is 15.8. The van der Waals surface area contributed by atoms with Crippen molar-refractivity contribution in [3.05, 3.63) is 29.8 Å². The smallest absolute Gasteiger partial charge is 0.226 e. The molecule has 142 valence electrons. The van der Waals surface area contributed by atoms with E-state index in [-0.39, 0.29) is 30.1 Å². The third kappa shape index (κ3) is 3.59. The lowest BCUT2D eigenvalue weighted by Crippen LogP contribution is -2.59. The molecule has 4 unspecified atom stereocenters. The van der Waals surface area contributed by atoms with Crippen molar-refractivity contribution in [1.82, 2.24) is 15.5 Å². The molecular weight excluding hydrogens is 328 g/mol. The van der Waals surface area contributed by atoms with Gasteiger partial charge < -0.3 is 19.9 Å². The molecule has 1 aliphatic carbocycles. The highest BCUT2D eigenvalue weighted by atomic mass is 16.5. The quantitative estimate of drug-likeness (QED) is 0.854. The number of hydrogen-bond donors (Lipinski definition) is 2. The van der Waals surface area contributed by atoms with Crippen LogP contribution in [0.4, 0.5) is 5.69 Å². The fourth-order valence-corrected chi connectivity index (χ4v) is 4.46. The summed E-state index contributed by atoms with van der Waals surface area (Å²) in [6.07, 6.45) is 2.95. The molecule has 1 aromatic carbocycles. The van der Waals surface area contributed by atoms with Gasteiger partial charge in [0.15, 0.2) is 0 Å². The van der Waals surface area contributed by atoms with E-state index in [1.165, 1.54) is 5.69 Å². The van der Waals surface area contributed by atoms with Crippen molar-refractivity contribution in [1.29, 1.82) is 0 Å². The Kier molecular flexibility index (Phi) is 5.16. The van der Waals surface area contributed by atoms with Crippen LogP contribution >= 0.6 is 0 Å². The highest BCUT2D eigenvalue weighted by Gasteiger charge is 2.40. The fourth-order valence-electron chi connectivity index (χ4n) is 4.46. The minimum absolute atomic E-state index is 0.0227. The van der Waals surface area contributed by atoms with Gasteiger partial charge in [-0.1, -0.05) is 12.1 Å². The van der Waals surface area contributed by atoms with Gasteiger partial charge in [0, 0.05) is 45.0 Å². The van der Waals surface area contributed by atoms with Gasteiger partial charge in [-0.15, -0.1) is 0 Å². The van der Waals surface area contributed by atoms with Crippen LogP contribution in [0, 0.1) is 5.92 Å². The van der Waals surface area contributed by atoms with Crippen LogP contribution in [0.15, 0.2) is 24.3 Å². The number of rotatable bonds is 3. The number of carbonyl (C=O) groups excluding carboxylic acids is 1. The molecule has 4 atom stereocenters. The van der Waals surface area contributed by atoms with Crippen molar-refractivity contribution in [3.8, 4) is 0 Å². The van der Waals surface area contributed by atoms with Crippen LogP contribution in [0.25, 0.3) is 0 Å². The molecule has 0 bridgehead atoms. The summed E-state index contributed by atoms with van der Waals surface area (Å²) in [7, 11) is 3.91. The molecule has 1 amide bonds. The lowest BCUT2D eigenvalue weighted by atomic mass is 9.80. The molecular formula is C20H30N4O2. The topological polar surface area (TPSA) is 56.8 Å². The van der Waals surface area contributed by atoms with E-state index in [0.29, 0.717) is 0 Å². The van der Waals surface area contributed by atoms with Crippen molar-refractivity contribution in [2.45, 2.75) is 37.6 Å². The van der Waals surface area contributed by atoms with Gasteiger partial charge in [0.2, 0.25) is 5.91 Å². The lowest BCUT2D eigenvalue weighted by Gasteiger charge is -2.42. The molecule has 1 saturated carbocycles. The molecule has 3 fully saturated rings. The van der Waals surface area contributed by atoms with E-state index in [0.717, 1.165) is 51.0 Å². The molecule has 3 aliphatic rings. The van der Waals surface area contributed by atoms with Gasteiger partial charge >= 0.3 is 0 Å². The van der Waals surface area contributed by atoms with E-state index in [9.17, 15) is 4.79 Å². The molecule has 6 nitrogen and oxygen atoms in total. The Morgan fingerprint density at radius 1 is 1.08 bits per heavy atom. The van der Waals surface area contributed by atoms with Gasteiger partial charge in [-0.2, -0.15) is 0 Å². The van der Waals surface area contributed by atoms with Crippen LogP contribution in [0.3, 0.4) is 0 Å². The number of fused-ring (bicyclic) bond motifs is 1. The van der Waals surface area contributed by atoms with Gasteiger partial charge in [0.25, 0.3) is 0 Å². The van der Waals surface area contributed by atoms with E-state index in [2.05, 4.69) is 51.7 Å². The number of benzene rings is 1. The average Bonchev–Trinajstić information content (AvgIpc) is 2.68. The zero-order valence-corrected chi connectivity index (χ0v) is 15.8. The SMILES string of the molecule is COC1CCC2NC(c3ccc(N4CCN(C)CC4)cc3)NC(=O)C2C1. The summed E-state index contributed by atoms with van der Waals surface area (Å²) in [6, 6.07) is 8.90. The Morgan fingerprint density at radius 2 is 1.81 bits per heavy atom. The number of nitrogens with one attached hydrogen (secondary N) is 2. The number of ether oxygens (including phenoxy) is 1.